The van der Waals surface area contributed by atoms with E-state index in [9.17, 15) is 9.59 Å². The van der Waals surface area contributed by atoms with Crippen LogP contribution in [0.3, 0.4) is 0 Å². The van der Waals surface area contributed by atoms with Crippen LogP contribution in [0.15, 0.2) is 11.6 Å². The van der Waals surface area contributed by atoms with Crippen molar-refractivity contribution in [3.8, 4) is 10.0 Å². The fourth-order valence-corrected chi connectivity index (χ4v) is 4.61. The van der Waals surface area contributed by atoms with E-state index in [1.807, 2.05) is 5.38 Å². The highest BCUT2D eigenvalue weighted by Crippen LogP contribution is 2.31. The summed E-state index contributed by atoms with van der Waals surface area (Å²) in [6.45, 7) is 4.30. The molecule has 0 saturated carbocycles. The molecule has 0 aliphatic heterocycles. The first-order valence-electron chi connectivity index (χ1n) is 8.56. The highest BCUT2D eigenvalue weighted by Gasteiger charge is 2.20. The maximum absolute atomic E-state index is 12.6. The molecule has 0 aromatic carbocycles. The Kier molecular flexibility index (Phi) is 8.26. The lowest BCUT2D eigenvalue weighted by molar-refractivity contribution is -0.116. The van der Waals surface area contributed by atoms with E-state index in [1.165, 1.54) is 0 Å². The van der Waals surface area contributed by atoms with Gasteiger partial charge < -0.3 is 0 Å². The summed E-state index contributed by atoms with van der Waals surface area (Å²) in [6, 6.07) is 0. The largest absolute Gasteiger partial charge is 0.299 e. The lowest BCUT2D eigenvalue weighted by Crippen LogP contribution is -2.05. The van der Waals surface area contributed by atoms with E-state index < -0.39 is 0 Å². The molecule has 0 fully saturated rings. The second-order valence-corrected chi connectivity index (χ2v) is 8.70. The Morgan fingerprint density at radius 3 is 2.56 bits per heavy atom. The van der Waals surface area contributed by atoms with Crippen LogP contribution in [0.25, 0.3) is 10.0 Å². The van der Waals surface area contributed by atoms with Gasteiger partial charge in [-0.1, -0.05) is 20.3 Å². The Morgan fingerprint density at radius 2 is 1.92 bits per heavy atom. The SMILES string of the molecule is CC(C)Cc1sc(-c2nccs2)nc1C(=O)CCCCCC(=O)CS. The lowest BCUT2D eigenvalue weighted by Gasteiger charge is -2.04. The van der Waals surface area contributed by atoms with Crippen LogP contribution in [0, 0.1) is 5.92 Å². The standard InChI is InChI=1S/C18H24N2O2S3/c1-12(2)10-15-16(20-18(25-15)17-19-8-9-24-17)14(22)7-5-3-4-6-13(21)11-23/h8-9,12,23H,3-7,10-11H2,1-2H3. The number of ketones is 2. The maximum Gasteiger partial charge on any atom is 0.182 e. The number of thiol groups is 1. The van der Waals surface area contributed by atoms with Gasteiger partial charge in [0.05, 0.1) is 0 Å². The molecule has 0 aliphatic carbocycles. The smallest absolute Gasteiger partial charge is 0.182 e. The average molecular weight is 397 g/mol. The Balaban J connectivity index is 1.98. The molecular formula is C18H24N2O2S3. The van der Waals surface area contributed by atoms with Crippen LogP contribution in [0.1, 0.15) is 61.3 Å². The fraction of sp³-hybridized carbons (Fsp3) is 0.556. The molecule has 2 rings (SSSR count). The molecule has 0 saturated heterocycles. The zero-order valence-electron chi connectivity index (χ0n) is 14.7. The molecule has 0 radical (unpaired) electrons. The van der Waals surface area contributed by atoms with Crippen LogP contribution in [0.4, 0.5) is 0 Å². The van der Waals surface area contributed by atoms with Crippen LogP contribution < -0.4 is 0 Å². The van der Waals surface area contributed by atoms with Gasteiger partial charge in [-0.15, -0.1) is 22.7 Å². The molecule has 0 bridgehead atoms. The van der Waals surface area contributed by atoms with Gasteiger partial charge in [0.25, 0.3) is 0 Å². The minimum Gasteiger partial charge on any atom is -0.299 e. The normalized spacial score (nSPS) is 11.2. The van der Waals surface area contributed by atoms with Crippen molar-refractivity contribution in [2.24, 2.45) is 5.92 Å². The number of nitrogens with zero attached hydrogens (tertiary/aromatic N) is 2. The van der Waals surface area contributed by atoms with Gasteiger partial charge in [-0.25, -0.2) is 9.97 Å². The number of carbonyl (C=O) groups is 2. The first kappa shape index (κ1) is 20.3. The highest BCUT2D eigenvalue weighted by atomic mass is 32.1. The maximum atomic E-state index is 12.6. The summed E-state index contributed by atoms with van der Waals surface area (Å²) >= 11 is 7.10. The molecule has 7 heteroatoms. The van der Waals surface area contributed by atoms with E-state index in [0.29, 0.717) is 30.2 Å². The molecule has 0 amide bonds. The van der Waals surface area contributed by atoms with Gasteiger partial charge in [0.2, 0.25) is 0 Å². The van der Waals surface area contributed by atoms with Crippen molar-refractivity contribution in [2.75, 3.05) is 5.75 Å². The number of unbranched alkanes of at least 4 members (excludes halogenated alkanes) is 2. The predicted molar refractivity (Wildman–Crippen MR) is 108 cm³/mol. The molecular weight excluding hydrogens is 372 g/mol. The van der Waals surface area contributed by atoms with Gasteiger partial charge in [0.15, 0.2) is 15.8 Å². The second-order valence-electron chi connectivity index (χ2n) is 6.41. The Bertz CT molecular complexity index is 693. The van der Waals surface area contributed by atoms with Gasteiger partial charge >= 0.3 is 0 Å². The zero-order chi connectivity index (χ0) is 18.2. The predicted octanol–water partition coefficient (Wildman–Crippen LogP) is 5.10. The highest BCUT2D eigenvalue weighted by molar-refractivity contribution is 7.81. The molecule has 0 atom stereocenters. The molecule has 25 heavy (non-hydrogen) atoms. The van der Waals surface area contributed by atoms with Crippen LogP contribution >= 0.6 is 35.3 Å². The number of aromatic nitrogens is 2. The number of hydrogen-bond acceptors (Lipinski definition) is 7. The van der Waals surface area contributed by atoms with Crippen molar-refractivity contribution in [3.05, 3.63) is 22.1 Å². The molecule has 0 spiro atoms. The first-order valence-corrected chi connectivity index (χ1v) is 10.9. The van der Waals surface area contributed by atoms with Gasteiger partial charge in [0, 0.05) is 35.0 Å². The summed E-state index contributed by atoms with van der Waals surface area (Å²) < 4.78 is 0. The van der Waals surface area contributed by atoms with Crippen LogP contribution in [-0.2, 0) is 11.2 Å². The Morgan fingerprint density at radius 1 is 1.16 bits per heavy atom. The van der Waals surface area contributed by atoms with Gasteiger partial charge in [-0.05, 0) is 25.2 Å². The van der Waals surface area contributed by atoms with Crippen molar-refractivity contribution in [2.45, 2.75) is 52.4 Å². The van der Waals surface area contributed by atoms with E-state index in [4.69, 9.17) is 0 Å². The summed E-state index contributed by atoms with van der Waals surface area (Å²) in [4.78, 5) is 33.8. The van der Waals surface area contributed by atoms with Crippen molar-refractivity contribution in [1.82, 2.24) is 9.97 Å². The Labute approximate surface area is 162 Å². The van der Waals surface area contributed by atoms with Gasteiger partial charge in [0.1, 0.15) is 11.5 Å². The minimum atomic E-state index is 0.107. The van der Waals surface area contributed by atoms with E-state index in [2.05, 4.69) is 36.4 Å². The summed E-state index contributed by atoms with van der Waals surface area (Å²) in [6.07, 6.45) is 6.17. The van der Waals surface area contributed by atoms with E-state index in [-0.39, 0.29) is 11.6 Å². The summed E-state index contributed by atoms with van der Waals surface area (Å²) in [5.74, 6) is 1.05. The topological polar surface area (TPSA) is 59.9 Å². The van der Waals surface area contributed by atoms with Crippen molar-refractivity contribution < 1.29 is 9.59 Å². The summed E-state index contributed by atoms with van der Waals surface area (Å²) in [7, 11) is 0. The molecule has 0 unspecified atom stereocenters. The second kappa shape index (κ2) is 10.2. The quantitative estimate of drug-likeness (QED) is 0.326. The Hall–Kier alpha value is -1.05. The van der Waals surface area contributed by atoms with E-state index in [1.54, 1.807) is 28.9 Å². The monoisotopic (exact) mass is 396 g/mol. The number of rotatable bonds is 11. The molecule has 0 aliphatic rings. The van der Waals surface area contributed by atoms with Crippen molar-refractivity contribution >= 4 is 46.9 Å². The molecule has 4 nitrogen and oxygen atoms in total. The number of carbonyl (C=O) groups excluding carboxylic acids is 2. The average Bonchev–Trinajstić information content (AvgIpc) is 3.23. The molecule has 0 N–H and O–H groups in total. The molecule has 2 heterocycles. The molecule has 2 aromatic rings. The van der Waals surface area contributed by atoms with E-state index >= 15 is 0 Å². The lowest BCUT2D eigenvalue weighted by atomic mass is 10.0. The molecule has 136 valence electrons. The summed E-state index contributed by atoms with van der Waals surface area (Å²) in [5, 5.41) is 3.64. The number of Topliss-reactive ketones (excluding diaryl/α,β-unsaturated/α-hetero) is 2. The summed E-state index contributed by atoms with van der Waals surface area (Å²) in [5.41, 5.74) is 0.621. The van der Waals surface area contributed by atoms with Crippen LogP contribution in [0.5, 0.6) is 0 Å². The van der Waals surface area contributed by atoms with Gasteiger partial charge in [-0.3, -0.25) is 9.59 Å². The zero-order valence-corrected chi connectivity index (χ0v) is 17.2. The number of thiazole rings is 2. The number of hydrogen-bond donors (Lipinski definition) is 1. The third-order valence-electron chi connectivity index (χ3n) is 3.71. The van der Waals surface area contributed by atoms with Crippen LogP contribution in [-0.4, -0.2) is 27.3 Å². The van der Waals surface area contributed by atoms with Crippen LogP contribution in [0.2, 0.25) is 0 Å². The van der Waals surface area contributed by atoms with Crippen molar-refractivity contribution in [1.29, 1.82) is 0 Å². The molecule has 2 aromatic heterocycles. The van der Waals surface area contributed by atoms with Gasteiger partial charge in [-0.2, -0.15) is 12.6 Å². The first-order chi connectivity index (χ1) is 12.0. The third kappa shape index (κ3) is 6.31. The third-order valence-corrected chi connectivity index (χ3v) is 6.05. The van der Waals surface area contributed by atoms with E-state index in [0.717, 1.165) is 40.6 Å². The fourth-order valence-electron chi connectivity index (χ4n) is 2.48. The minimum absolute atomic E-state index is 0.107. The van der Waals surface area contributed by atoms with Crippen molar-refractivity contribution in [3.63, 3.8) is 0 Å².